The number of rotatable bonds is 5. The lowest BCUT2D eigenvalue weighted by Gasteiger charge is -2.34. The Morgan fingerprint density at radius 1 is 1.06 bits per heavy atom. The van der Waals surface area contributed by atoms with Gasteiger partial charge in [-0.25, -0.2) is 16.8 Å². The summed E-state index contributed by atoms with van der Waals surface area (Å²) < 4.78 is 58.0. The fourth-order valence-electron chi connectivity index (χ4n) is 3.69. The van der Waals surface area contributed by atoms with Crippen molar-refractivity contribution in [2.75, 3.05) is 35.5 Å². The van der Waals surface area contributed by atoms with E-state index < -0.39 is 32.1 Å². The largest absolute Gasteiger partial charge is 0.476 e. The van der Waals surface area contributed by atoms with Crippen LogP contribution in [0, 0.1) is 0 Å². The Bertz CT molecular complexity index is 1240. The SMILES string of the molecule is CS(=O)(=O)N1C[C@H](C(=O)Nc2ccc(S(=O)(=O)N3CCCC3)cc2)Oc2ccc(Cl)cc21. The van der Waals surface area contributed by atoms with Gasteiger partial charge >= 0.3 is 0 Å². The van der Waals surface area contributed by atoms with Crippen molar-refractivity contribution in [1.29, 1.82) is 0 Å². The zero-order chi connectivity index (χ0) is 23.1. The number of hydrogen-bond acceptors (Lipinski definition) is 6. The first kappa shape index (κ1) is 22.8. The number of benzene rings is 2. The van der Waals surface area contributed by atoms with Crippen molar-refractivity contribution in [3.63, 3.8) is 0 Å². The Balaban J connectivity index is 1.51. The number of hydrogen-bond donors (Lipinski definition) is 1. The normalized spacial score (nSPS) is 19.3. The predicted molar refractivity (Wildman–Crippen MR) is 121 cm³/mol. The highest BCUT2D eigenvalue weighted by molar-refractivity contribution is 7.92. The van der Waals surface area contributed by atoms with Gasteiger partial charge in [0, 0.05) is 23.8 Å². The van der Waals surface area contributed by atoms with Crippen LogP contribution in [0.3, 0.4) is 0 Å². The average Bonchev–Trinajstić information content (AvgIpc) is 3.28. The molecule has 0 aromatic heterocycles. The predicted octanol–water partition coefficient (Wildman–Crippen LogP) is 2.29. The van der Waals surface area contributed by atoms with Gasteiger partial charge in [0.15, 0.2) is 6.10 Å². The third kappa shape index (κ3) is 4.56. The molecule has 4 rings (SSSR count). The van der Waals surface area contributed by atoms with E-state index in [-0.39, 0.29) is 22.9 Å². The van der Waals surface area contributed by atoms with E-state index in [9.17, 15) is 21.6 Å². The summed E-state index contributed by atoms with van der Waals surface area (Å²) in [6.07, 6.45) is 1.62. The molecule has 0 bridgehead atoms. The maximum absolute atomic E-state index is 12.8. The number of halogens is 1. The quantitative estimate of drug-likeness (QED) is 0.675. The smallest absolute Gasteiger partial charge is 0.267 e. The van der Waals surface area contributed by atoms with Crippen molar-refractivity contribution in [3.8, 4) is 5.75 Å². The van der Waals surface area contributed by atoms with Crippen LogP contribution >= 0.6 is 11.6 Å². The molecule has 1 saturated heterocycles. The van der Waals surface area contributed by atoms with E-state index in [4.69, 9.17) is 16.3 Å². The summed E-state index contributed by atoms with van der Waals surface area (Å²) >= 11 is 5.98. The first-order valence-electron chi connectivity index (χ1n) is 9.91. The van der Waals surface area contributed by atoms with Crippen molar-refractivity contribution in [2.45, 2.75) is 23.8 Å². The summed E-state index contributed by atoms with van der Waals surface area (Å²) in [5, 5.41) is 2.99. The van der Waals surface area contributed by atoms with E-state index >= 15 is 0 Å². The van der Waals surface area contributed by atoms with E-state index in [2.05, 4.69) is 5.32 Å². The number of amides is 1. The van der Waals surface area contributed by atoms with E-state index in [1.807, 2.05) is 0 Å². The molecule has 0 unspecified atom stereocenters. The van der Waals surface area contributed by atoms with Crippen LogP contribution in [0.25, 0.3) is 0 Å². The van der Waals surface area contributed by atoms with Crippen LogP contribution in [0.4, 0.5) is 11.4 Å². The number of nitrogens with one attached hydrogen (secondary N) is 1. The molecule has 12 heteroatoms. The molecular weight excluding hydrogens is 478 g/mol. The van der Waals surface area contributed by atoms with Gasteiger partial charge in [-0.05, 0) is 55.3 Å². The number of carbonyl (C=O) groups excluding carboxylic acids is 1. The molecular formula is C20H22ClN3O6S2. The third-order valence-corrected chi connectivity index (χ3v) is 8.60. The first-order valence-corrected chi connectivity index (χ1v) is 13.6. The van der Waals surface area contributed by atoms with Crippen molar-refractivity contribution >= 4 is 48.9 Å². The Morgan fingerprint density at radius 3 is 2.34 bits per heavy atom. The topological polar surface area (TPSA) is 113 Å². The molecule has 2 aromatic rings. The van der Waals surface area contributed by atoms with Gasteiger partial charge in [-0.2, -0.15) is 4.31 Å². The minimum absolute atomic E-state index is 0.153. The summed E-state index contributed by atoms with van der Waals surface area (Å²) in [5.41, 5.74) is 0.632. The molecule has 172 valence electrons. The molecule has 32 heavy (non-hydrogen) atoms. The molecule has 2 aliphatic heterocycles. The second kappa shape index (κ2) is 8.54. The molecule has 0 aliphatic carbocycles. The maximum Gasteiger partial charge on any atom is 0.267 e. The Hall–Kier alpha value is -2.34. The maximum atomic E-state index is 12.8. The van der Waals surface area contributed by atoms with Crippen molar-refractivity contribution in [3.05, 3.63) is 47.5 Å². The van der Waals surface area contributed by atoms with Gasteiger partial charge in [0.05, 0.1) is 23.4 Å². The standard InChI is InChI=1S/C20H22ClN3O6S2/c1-31(26,27)24-13-19(30-18-9-4-14(21)12-17(18)24)20(25)22-15-5-7-16(8-6-15)32(28,29)23-10-2-3-11-23/h4-9,12,19H,2-3,10-11,13H2,1H3,(H,22,25)/t19-/m1/s1. The van der Waals surface area contributed by atoms with Gasteiger partial charge < -0.3 is 10.1 Å². The zero-order valence-corrected chi connectivity index (χ0v) is 19.6. The molecule has 1 atom stereocenters. The monoisotopic (exact) mass is 499 g/mol. The van der Waals surface area contributed by atoms with Crippen molar-refractivity contribution < 1.29 is 26.4 Å². The molecule has 2 heterocycles. The average molecular weight is 500 g/mol. The highest BCUT2D eigenvalue weighted by Crippen LogP contribution is 2.37. The van der Waals surface area contributed by atoms with Gasteiger partial charge in [0.1, 0.15) is 5.75 Å². The Morgan fingerprint density at radius 2 is 1.72 bits per heavy atom. The van der Waals surface area contributed by atoms with E-state index in [0.717, 1.165) is 23.4 Å². The number of anilines is 2. The third-order valence-electron chi connectivity index (χ3n) is 5.31. The Kier molecular flexibility index (Phi) is 6.10. The number of fused-ring (bicyclic) bond motifs is 1. The van der Waals surface area contributed by atoms with E-state index in [0.29, 0.717) is 23.8 Å². The lowest BCUT2D eigenvalue weighted by molar-refractivity contribution is -0.122. The molecule has 0 radical (unpaired) electrons. The van der Waals surface area contributed by atoms with E-state index in [1.54, 1.807) is 6.07 Å². The number of carbonyl (C=O) groups is 1. The molecule has 0 saturated carbocycles. The molecule has 0 spiro atoms. The van der Waals surface area contributed by atoms with Gasteiger partial charge in [-0.15, -0.1) is 0 Å². The molecule has 1 N–H and O–H groups in total. The summed E-state index contributed by atoms with van der Waals surface area (Å²) in [4.78, 5) is 13.0. The van der Waals surface area contributed by atoms with Gasteiger partial charge in [-0.1, -0.05) is 11.6 Å². The van der Waals surface area contributed by atoms with Crippen molar-refractivity contribution in [1.82, 2.24) is 4.31 Å². The molecule has 9 nitrogen and oxygen atoms in total. The minimum atomic E-state index is -3.68. The van der Waals surface area contributed by atoms with Crippen LogP contribution < -0.4 is 14.4 Å². The summed E-state index contributed by atoms with van der Waals surface area (Å²) in [5.74, 6) is -0.340. The number of sulfonamides is 2. The lowest BCUT2D eigenvalue weighted by Crippen LogP contribution is -2.48. The number of nitrogens with zero attached hydrogens (tertiary/aromatic N) is 2. The van der Waals surface area contributed by atoms with Gasteiger partial charge in [0.2, 0.25) is 20.0 Å². The van der Waals surface area contributed by atoms with Crippen LogP contribution in [-0.4, -0.2) is 59.0 Å². The Labute approximate surface area is 192 Å². The minimum Gasteiger partial charge on any atom is -0.476 e. The summed E-state index contributed by atoms with van der Waals surface area (Å²) in [7, 11) is -7.24. The molecule has 2 aromatic carbocycles. The molecule has 2 aliphatic rings. The number of ether oxygens (including phenoxy) is 1. The van der Waals surface area contributed by atoms with Crippen molar-refractivity contribution in [2.24, 2.45) is 0 Å². The van der Waals surface area contributed by atoms with Crippen LogP contribution in [0.2, 0.25) is 5.02 Å². The molecule has 1 fully saturated rings. The second-order valence-corrected chi connectivity index (χ2v) is 11.9. The second-order valence-electron chi connectivity index (χ2n) is 7.64. The molecule has 1 amide bonds. The van der Waals surface area contributed by atoms with Crippen LogP contribution in [0.5, 0.6) is 5.75 Å². The van der Waals surface area contributed by atoms with Crippen LogP contribution in [-0.2, 0) is 24.8 Å². The van der Waals surface area contributed by atoms with E-state index in [1.165, 1.54) is 40.7 Å². The summed E-state index contributed by atoms with van der Waals surface area (Å²) in [6.45, 7) is 0.784. The fourth-order valence-corrected chi connectivity index (χ4v) is 6.28. The van der Waals surface area contributed by atoms with Gasteiger partial charge in [-0.3, -0.25) is 9.10 Å². The summed E-state index contributed by atoms with van der Waals surface area (Å²) in [6, 6.07) is 10.4. The fraction of sp³-hybridized carbons (Fsp3) is 0.350. The van der Waals surface area contributed by atoms with Crippen LogP contribution in [0.1, 0.15) is 12.8 Å². The zero-order valence-electron chi connectivity index (χ0n) is 17.2. The highest BCUT2D eigenvalue weighted by Gasteiger charge is 2.35. The lowest BCUT2D eigenvalue weighted by atomic mass is 10.2. The van der Waals surface area contributed by atoms with Crippen LogP contribution in [0.15, 0.2) is 47.4 Å². The van der Waals surface area contributed by atoms with Gasteiger partial charge in [0.25, 0.3) is 5.91 Å². The highest BCUT2D eigenvalue weighted by atomic mass is 35.5. The first-order chi connectivity index (χ1) is 15.1.